The van der Waals surface area contributed by atoms with Crippen LogP contribution >= 0.6 is 0 Å². The zero-order chi connectivity index (χ0) is 27.7. The highest BCUT2D eigenvalue weighted by molar-refractivity contribution is 5.83. The predicted molar refractivity (Wildman–Crippen MR) is 140 cm³/mol. The number of halogens is 2. The maximum absolute atomic E-state index is 15.0. The lowest BCUT2D eigenvalue weighted by molar-refractivity contribution is -0.153. The molecule has 0 radical (unpaired) electrons. The molecule has 3 aromatic heterocycles. The maximum atomic E-state index is 15.0. The average Bonchev–Trinajstić information content (AvgIpc) is 3.27. The lowest BCUT2D eigenvalue weighted by Crippen LogP contribution is -2.49. The molecule has 204 valence electrons. The van der Waals surface area contributed by atoms with Crippen molar-refractivity contribution in [1.82, 2.24) is 29.4 Å². The number of hydrogen-bond donors (Lipinski definition) is 1. The second-order valence-corrected chi connectivity index (χ2v) is 9.60. The number of pyridine rings is 1. The SMILES string of the molecule is COC(=O)[C@@H]1COCCN1Cc1ccc(Nc2ncc(F)c(-c3cc(F)c4nc(C)n(C(C)C)c4c3)n2)nc1. The smallest absolute Gasteiger partial charge is 0.325 e. The van der Waals surface area contributed by atoms with E-state index in [0.29, 0.717) is 36.9 Å². The lowest BCUT2D eigenvalue weighted by Gasteiger charge is -2.33. The second kappa shape index (κ2) is 11.0. The number of carbonyl (C=O) groups is 1. The fraction of sp³-hybridized carbons (Fsp3) is 0.370. The Hall–Kier alpha value is -4.03. The molecule has 10 nitrogen and oxygen atoms in total. The van der Waals surface area contributed by atoms with Gasteiger partial charge in [0.25, 0.3) is 0 Å². The molecule has 1 N–H and O–H groups in total. The first kappa shape index (κ1) is 26.6. The van der Waals surface area contributed by atoms with Crippen molar-refractivity contribution >= 4 is 28.8 Å². The lowest BCUT2D eigenvalue weighted by atomic mass is 10.1. The van der Waals surface area contributed by atoms with E-state index in [1.807, 2.05) is 36.3 Å². The van der Waals surface area contributed by atoms with Crippen LogP contribution in [0.1, 0.15) is 31.3 Å². The Balaban J connectivity index is 1.36. The first-order valence-electron chi connectivity index (χ1n) is 12.6. The molecule has 1 aliphatic rings. The number of ether oxygens (including phenoxy) is 2. The molecular formula is C27H29F2N7O3. The van der Waals surface area contributed by atoms with Crippen LogP contribution in [0.25, 0.3) is 22.3 Å². The van der Waals surface area contributed by atoms with Gasteiger partial charge in [0.2, 0.25) is 5.95 Å². The summed E-state index contributed by atoms with van der Waals surface area (Å²) in [4.78, 5) is 31.1. The molecular weight excluding hydrogens is 508 g/mol. The second-order valence-electron chi connectivity index (χ2n) is 9.60. The number of anilines is 2. The minimum Gasteiger partial charge on any atom is -0.468 e. The van der Waals surface area contributed by atoms with E-state index >= 15 is 0 Å². The third-order valence-electron chi connectivity index (χ3n) is 6.62. The van der Waals surface area contributed by atoms with E-state index in [4.69, 9.17) is 9.47 Å². The molecule has 0 aliphatic carbocycles. The largest absolute Gasteiger partial charge is 0.468 e. The van der Waals surface area contributed by atoms with Crippen LogP contribution in [0.2, 0.25) is 0 Å². The number of fused-ring (bicyclic) bond motifs is 1. The minimum absolute atomic E-state index is 0.0414. The number of methoxy groups -OCH3 is 1. The van der Waals surface area contributed by atoms with Crippen LogP contribution in [0.4, 0.5) is 20.5 Å². The number of nitrogens with zero attached hydrogens (tertiary/aromatic N) is 6. The van der Waals surface area contributed by atoms with Crippen LogP contribution in [0.5, 0.6) is 0 Å². The van der Waals surface area contributed by atoms with Crippen molar-refractivity contribution < 1.29 is 23.0 Å². The minimum atomic E-state index is -0.680. The topological polar surface area (TPSA) is 107 Å². The number of aromatic nitrogens is 5. The van der Waals surface area contributed by atoms with Crippen molar-refractivity contribution in [2.75, 3.05) is 32.2 Å². The van der Waals surface area contributed by atoms with Crippen LogP contribution in [-0.2, 0) is 20.8 Å². The monoisotopic (exact) mass is 537 g/mol. The summed E-state index contributed by atoms with van der Waals surface area (Å²) in [5, 5.41) is 2.97. The fourth-order valence-corrected chi connectivity index (χ4v) is 4.81. The third-order valence-corrected chi connectivity index (χ3v) is 6.62. The number of benzene rings is 1. The molecule has 5 rings (SSSR count). The molecule has 1 saturated heterocycles. The molecule has 0 saturated carbocycles. The van der Waals surface area contributed by atoms with Crippen LogP contribution in [0.3, 0.4) is 0 Å². The molecule has 0 spiro atoms. The molecule has 0 unspecified atom stereocenters. The predicted octanol–water partition coefficient (Wildman–Crippen LogP) is 4.17. The Morgan fingerprint density at radius 1 is 1.18 bits per heavy atom. The molecule has 0 bridgehead atoms. The van der Waals surface area contributed by atoms with Crippen LogP contribution in [0, 0.1) is 18.6 Å². The van der Waals surface area contributed by atoms with Crippen molar-refractivity contribution in [3.8, 4) is 11.3 Å². The third kappa shape index (κ3) is 5.43. The van der Waals surface area contributed by atoms with Gasteiger partial charge in [-0.2, -0.15) is 0 Å². The average molecular weight is 538 g/mol. The van der Waals surface area contributed by atoms with Gasteiger partial charge >= 0.3 is 5.97 Å². The van der Waals surface area contributed by atoms with Gasteiger partial charge in [-0.05, 0) is 44.5 Å². The van der Waals surface area contributed by atoms with Gasteiger partial charge in [0.15, 0.2) is 11.6 Å². The van der Waals surface area contributed by atoms with Gasteiger partial charge in [-0.3, -0.25) is 9.69 Å². The summed E-state index contributed by atoms with van der Waals surface area (Å²) in [6.07, 6.45) is 2.72. The van der Waals surface area contributed by atoms with Crippen LogP contribution in [0.15, 0.2) is 36.7 Å². The number of hydrogen-bond acceptors (Lipinski definition) is 9. The zero-order valence-electron chi connectivity index (χ0n) is 22.1. The molecule has 1 aliphatic heterocycles. The van der Waals surface area contributed by atoms with Gasteiger partial charge in [0.05, 0.1) is 32.0 Å². The van der Waals surface area contributed by atoms with E-state index in [1.165, 1.54) is 13.2 Å². The Morgan fingerprint density at radius 3 is 2.72 bits per heavy atom. The standard InChI is InChI=1S/C27H29F2N7O3/c1-15(2)36-16(3)32-25-19(28)9-18(10-21(25)36)24-20(29)12-31-27(34-24)33-23-6-5-17(11-30-23)13-35-7-8-39-14-22(35)26(37)38-4/h5-6,9-12,15,22H,7-8,13-14H2,1-4H3,(H,30,31,33,34)/t22-/m0/s1. The number of imidazole rings is 1. The van der Waals surface area contributed by atoms with Crippen molar-refractivity contribution in [1.29, 1.82) is 0 Å². The first-order valence-corrected chi connectivity index (χ1v) is 12.6. The van der Waals surface area contributed by atoms with Crippen molar-refractivity contribution in [2.24, 2.45) is 0 Å². The number of carbonyl (C=O) groups excluding carboxylic acids is 1. The molecule has 0 amide bonds. The van der Waals surface area contributed by atoms with E-state index in [1.54, 1.807) is 18.3 Å². The number of rotatable bonds is 7. The quantitative estimate of drug-likeness (QED) is 0.348. The van der Waals surface area contributed by atoms with Crippen molar-refractivity contribution in [3.05, 3.63) is 59.7 Å². The van der Waals surface area contributed by atoms with Gasteiger partial charge in [0.1, 0.15) is 28.9 Å². The molecule has 1 fully saturated rings. The highest BCUT2D eigenvalue weighted by Crippen LogP contribution is 2.30. The van der Waals surface area contributed by atoms with Crippen LogP contribution < -0.4 is 5.32 Å². The van der Waals surface area contributed by atoms with E-state index < -0.39 is 17.7 Å². The van der Waals surface area contributed by atoms with E-state index in [2.05, 4.69) is 25.3 Å². The highest BCUT2D eigenvalue weighted by atomic mass is 19.1. The number of esters is 1. The number of aryl methyl sites for hydroxylation is 1. The summed E-state index contributed by atoms with van der Waals surface area (Å²) in [7, 11) is 1.36. The Bertz CT molecular complexity index is 1510. The Labute approximate surface area is 224 Å². The summed E-state index contributed by atoms with van der Waals surface area (Å²) in [6.45, 7) is 7.65. The summed E-state index contributed by atoms with van der Waals surface area (Å²) in [5.41, 5.74) is 1.92. The Kier molecular flexibility index (Phi) is 7.49. The Morgan fingerprint density at radius 2 is 2.00 bits per heavy atom. The van der Waals surface area contributed by atoms with Crippen LogP contribution in [-0.4, -0.2) is 68.3 Å². The van der Waals surface area contributed by atoms with Gasteiger partial charge < -0.3 is 19.4 Å². The summed E-state index contributed by atoms with van der Waals surface area (Å²) in [6, 6.07) is 6.09. The van der Waals surface area contributed by atoms with E-state index in [9.17, 15) is 13.6 Å². The first-order chi connectivity index (χ1) is 18.7. The zero-order valence-corrected chi connectivity index (χ0v) is 22.1. The molecule has 39 heavy (non-hydrogen) atoms. The molecule has 12 heteroatoms. The molecule has 1 atom stereocenters. The molecule has 1 aromatic carbocycles. The molecule has 4 heterocycles. The van der Waals surface area contributed by atoms with E-state index in [0.717, 1.165) is 11.8 Å². The number of morpholine rings is 1. The summed E-state index contributed by atoms with van der Waals surface area (Å²) in [5.74, 6) is -0.346. The normalized spacial score (nSPS) is 16.1. The fourth-order valence-electron chi connectivity index (χ4n) is 4.81. The van der Waals surface area contributed by atoms with Gasteiger partial charge in [0, 0.05) is 30.9 Å². The summed E-state index contributed by atoms with van der Waals surface area (Å²) >= 11 is 0. The maximum Gasteiger partial charge on any atom is 0.325 e. The molecule has 4 aromatic rings. The van der Waals surface area contributed by atoms with Crippen molar-refractivity contribution in [2.45, 2.75) is 39.4 Å². The highest BCUT2D eigenvalue weighted by Gasteiger charge is 2.30. The van der Waals surface area contributed by atoms with Gasteiger partial charge in [-0.25, -0.2) is 28.7 Å². The number of nitrogens with one attached hydrogen (secondary N) is 1. The van der Waals surface area contributed by atoms with Gasteiger partial charge in [-0.15, -0.1) is 0 Å². The van der Waals surface area contributed by atoms with Crippen molar-refractivity contribution in [3.63, 3.8) is 0 Å². The van der Waals surface area contributed by atoms with Gasteiger partial charge in [-0.1, -0.05) is 6.07 Å². The van der Waals surface area contributed by atoms with E-state index in [-0.39, 0.29) is 41.3 Å². The summed E-state index contributed by atoms with van der Waals surface area (Å²) < 4.78 is 42.0.